The van der Waals surface area contributed by atoms with Crippen LogP contribution < -0.4 is 0 Å². The number of nitrogens with zero attached hydrogens (tertiary/aromatic N) is 4. The first-order valence-electron chi connectivity index (χ1n) is 21.1. The molecule has 4 aromatic heterocycles. The number of thiophene rings is 2. The van der Waals surface area contributed by atoms with Crippen LogP contribution in [0.25, 0.3) is 124 Å². The predicted octanol–water partition coefficient (Wildman–Crippen LogP) is 16.0. The van der Waals surface area contributed by atoms with Gasteiger partial charge in [-0.2, -0.15) is 0 Å². The third-order valence-corrected chi connectivity index (χ3v) is 14.6. The fourth-order valence-corrected chi connectivity index (χ4v) is 11.8. The van der Waals surface area contributed by atoms with Crippen molar-refractivity contribution >= 4 is 84.8 Å². The Kier molecular flexibility index (Phi) is 8.22. The van der Waals surface area contributed by atoms with E-state index >= 15 is 0 Å². The highest BCUT2D eigenvalue weighted by Crippen LogP contribution is 2.48. The van der Waals surface area contributed by atoms with Crippen molar-refractivity contribution in [2.75, 3.05) is 0 Å². The molecule has 0 spiro atoms. The van der Waals surface area contributed by atoms with E-state index in [0.717, 1.165) is 60.4 Å². The second-order valence-corrected chi connectivity index (χ2v) is 18.1. The van der Waals surface area contributed by atoms with Crippen molar-refractivity contribution in [1.82, 2.24) is 19.5 Å². The van der Waals surface area contributed by atoms with Gasteiger partial charge in [-0.05, 0) is 76.9 Å². The molecule has 0 fully saturated rings. The van der Waals surface area contributed by atoms with Gasteiger partial charge in [0.25, 0.3) is 0 Å². The molecule has 13 rings (SSSR count). The minimum absolute atomic E-state index is 0.622. The predicted molar refractivity (Wildman–Crippen MR) is 267 cm³/mol. The van der Waals surface area contributed by atoms with Crippen LogP contribution >= 0.6 is 22.7 Å². The zero-order valence-corrected chi connectivity index (χ0v) is 35.4. The van der Waals surface area contributed by atoms with E-state index in [1.807, 2.05) is 40.9 Å². The summed E-state index contributed by atoms with van der Waals surface area (Å²) >= 11 is 3.70. The van der Waals surface area contributed by atoms with E-state index in [9.17, 15) is 0 Å². The Balaban J connectivity index is 1.14. The molecule has 0 radical (unpaired) electrons. The summed E-state index contributed by atoms with van der Waals surface area (Å²) in [5, 5.41) is 7.49. The summed E-state index contributed by atoms with van der Waals surface area (Å²) in [6, 6.07) is 73.6. The van der Waals surface area contributed by atoms with Crippen molar-refractivity contribution in [2.45, 2.75) is 0 Å². The number of benzene rings is 9. The van der Waals surface area contributed by atoms with Crippen molar-refractivity contribution in [1.29, 1.82) is 0 Å². The zero-order chi connectivity index (χ0) is 41.4. The number of hydrogen-bond acceptors (Lipinski definition) is 5. The van der Waals surface area contributed by atoms with Crippen molar-refractivity contribution in [3.8, 4) is 62.1 Å². The van der Waals surface area contributed by atoms with Crippen LogP contribution in [0.2, 0.25) is 0 Å². The van der Waals surface area contributed by atoms with E-state index in [0.29, 0.717) is 17.5 Å². The van der Waals surface area contributed by atoms with Gasteiger partial charge >= 0.3 is 0 Å². The molecule has 9 aromatic carbocycles. The summed E-state index contributed by atoms with van der Waals surface area (Å²) in [7, 11) is 0. The maximum Gasteiger partial charge on any atom is 0.165 e. The Hall–Kier alpha value is -7.77. The molecule has 6 heteroatoms. The Labute approximate surface area is 370 Å². The topological polar surface area (TPSA) is 43.6 Å². The Bertz CT molecular complexity index is 3790. The molecule has 0 bridgehead atoms. The first-order chi connectivity index (χ1) is 31.2. The van der Waals surface area contributed by atoms with Gasteiger partial charge in [-0.25, -0.2) is 15.0 Å². The normalized spacial score (nSPS) is 11.8. The van der Waals surface area contributed by atoms with E-state index in [2.05, 4.69) is 193 Å². The van der Waals surface area contributed by atoms with Crippen molar-refractivity contribution in [3.05, 3.63) is 206 Å². The van der Waals surface area contributed by atoms with Crippen LogP contribution in [0.1, 0.15) is 0 Å². The molecule has 294 valence electrons. The largest absolute Gasteiger partial charge is 0.309 e. The van der Waals surface area contributed by atoms with Crippen LogP contribution in [0.5, 0.6) is 0 Å². The van der Waals surface area contributed by atoms with Crippen molar-refractivity contribution in [3.63, 3.8) is 0 Å². The van der Waals surface area contributed by atoms with E-state index in [1.165, 1.54) is 46.4 Å². The fourth-order valence-electron chi connectivity index (χ4n) is 9.32. The standard InChI is InChI=1S/C57H34N4S2/c1-4-16-35(17-5-1)38-30-39(36-18-6-2-7-19-36)32-40(31-38)56-58-55(37-20-8-3-9-21-37)59-57(60-56)47-34-41(61-48-25-13-10-22-42(48)43-23-11-14-26-49(43)61)33-46-52-51(63-53(46)47)29-28-45-44-24-12-15-27-50(44)62-54(45)52/h1-34H. The molecule has 0 amide bonds. The van der Waals surface area contributed by atoms with Crippen LogP contribution in [0.4, 0.5) is 0 Å². The first-order valence-corrected chi connectivity index (χ1v) is 22.7. The molecule has 0 atom stereocenters. The lowest BCUT2D eigenvalue weighted by atomic mass is 9.96. The SMILES string of the molecule is c1ccc(-c2cc(-c3ccccc3)cc(-c3nc(-c4ccccc4)nc(-c4cc(-n5c6ccccc6c6ccccc65)cc5c4sc4ccc6c7ccccc7sc6c45)n3)c2)cc1. The Morgan fingerprint density at radius 1 is 0.317 bits per heavy atom. The van der Waals surface area contributed by atoms with Crippen LogP contribution in [-0.2, 0) is 0 Å². The average molecular weight is 839 g/mol. The summed E-state index contributed by atoms with van der Waals surface area (Å²) in [4.78, 5) is 16.2. The highest BCUT2D eigenvalue weighted by atomic mass is 32.1. The summed E-state index contributed by atoms with van der Waals surface area (Å²) in [5.41, 5.74) is 10.7. The molecule has 4 nitrogen and oxygen atoms in total. The van der Waals surface area contributed by atoms with Gasteiger partial charge in [0.2, 0.25) is 0 Å². The van der Waals surface area contributed by atoms with Gasteiger partial charge in [0, 0.05) is 73.5 Å². The lowest BCUT2D eigenvalue weighted by Gasteiger charge is -2.14. The molecule has 0 aliphatic rings. The maximum absolute atomic E-state index is 5.51. The van der Waals surface area contributed by atoms with Crippen LogP contribution in [0, 0.1) is 0 Å². The van der Waals surface area contributed by atoms with Crippen LogP contribution in [0.3, 0.4) is 0 Å². The van der Waals surface area contributed by atoms with E-state index in [-0.39, 0.29) is 0 Å². The second kappa shape index (κ2) is 14.4. The molecule has 0 saturated heterocycles. The third-order valence-electron chi connectivity index (χ3n) is 12.2. The van der Waals surface area contributed by atoms with Crippen molar-refractivity contribution in [2.24, 2.45) is 0 Å². The van der Waals surface area contributed by atoms with Gasteiger partial charge in [0.1, 0.15) is 0 Å². The van der Waals surface area contributed by atoms with Gasteiger partial charge in [0.05, 0.1) is 11.0 Å². The summed E-state index contributed by atoms with van der Waals surface area (Å²) in [6.07, 6.45) is 0. The highest BCUT2D eigenvalue weighted by molar-refractivity contribution is 7.30. The number of para-hydroxylation sites is 2. The van der Waals surface area contributed by atoms with E-state index in [1.54, 1.807) is 0 Å². The van der Waals surface area contributed by atoms with Gasteiger partial charge in [-0.15, -0.1) is 22.7 Å². The van der Waals surface area contributed by atoms with Gasteiger partial charge in [-0.1, -0.05) is 152 Å². The lowest BCUT2D eigenvalue weighted by Crippen LogP contribution is -2.02. The summed E-state index contributed by atoms with van der Waals surface area (Å²) in [6.45, 7) is 0. The van der Waals surface area contributed by atoms with E-state index < -0.39 is 0 Å². The fraction of sp³-hybridized carbons (Fsp3) is 0. The number of rotatable bonds is 6. The smallest absolute Gasteiger partial charge is 0.165 e. The molecule has 0 saturated carbocycles. The number of fused-ring (bicyclic) bond motifs is 10. The Morgan fingerprint density at radius 3 is 1.48 bits per heavy atom. The molecule has 0 unspecified atom stereocenters. The zero-order valence-electron chi connectivity index (χ0n) is 33.7. The summed E-state index contributed by atoms with van der Waals surface area (Å²) < 4.78 is 7.40. The molecule has 63 heavy (non-hydrogen) atoms. The molecular weight excluding hydrogens is 805 g/mol. The number of aromatic nitrogens is 4. The van der Waals surface area contributed by atoms with Crippen molar-refractivity contribution < 1.29 is 0 Å². The van der Waals surface area contributed by atoms with Crippen LogP contribution in [-0.4, -0.2) is 19.5 Å². The molecular formula is C57H34N4S2. The van der Waals surface area contributed by atoms with Crippen LogP contribution in [0.15, 0.2) is 206 Å². The molecule has 0 aliphatic carbocycles. The third kappa shape index (κ3) is 5.91. The van der Waals surface area contributed by atoms with Gasteiger partial charge in [0.15, 0.2) is 17.5 Å². The molecule has 0 N–H and O–H groups in total. The quantitative estimate of drug-likeness (QED) is 0.168. The van der Waals surface area contributed by atoms with Gasteiger partial charge < -0.3 is 4.57 Å². The minimum Gasteiger partial charge on any atom is -0.309 e. The second-order valence-electron chi connectivity index (χ2n) is 16.0. The Morgan fingerprint density at radius 2 is 0.825 bits per heavy atom. The number of hydrogen-bond donors (Lipinski definition) is 0. The molecule has 0 aliphatic heterocycles. The minimum atomic E-state index is 0.622. The van der Waals surface area contributed by atoms with Gasteiger partial charge in [-0.3, -0.25) is 0 Å². The highest BCUT2D eigenvalue weighted by Gasteiger charge is 2.23. The van der Waals surface area contributed by atoms with E-state index in [4.69, 9.17) is 15.0 Å². The monoisotopic (exact) mass is 838 g/mol. The maximum atomic E-state index is 5.51. The first kappa shape index (κ1) is 35.9. The molecule has 4 heterocycles. The molecule has 13 aromatic rings. The average Bonchev–Trinajstić information content (AvgIpc) is 4.04. The summed E-state index contributed by atoms with van der Waals surface area (Å²) in [5.74, 6) is 1.89. The lowest BCUT2D eigenvalue weighted by molar-refractivity contribution is 1.07.